The zero-order valence-electron chi connectivity index (χ0n) is 9.59. The molecule has 0 saturated carbocycles. The van der Waals surface area contributed by atoms with Crippen LogP contribution in [0.2, 0.25) is 5.02 Å². The molecule has 0 N–H and O–H groups in total. The molecule has 2 aromatic rings. The highest BCUT2D eigenvalue weighted by Crippen LogP contribution is 2.33. The number of rotatable bonds is 3. The predicted molar refractivity (Wildman–Crippen MR) is 70.1 cm³/mol. The monoisotopic (exact) mass is 263 g/mol. The smallest absolute Gasteiger partial charge is 0.270 e. The van der Waals surface area contributed by atoms with Crippen LogP contribution < -0.4 is 4.74 Å². The number of nitro groups is 1. The SMILES string of the molecule is COc1cc(Cl)ccc1-c1cccc([N+](=O)[O-])c1. The molecule has 0 radical (unpaired) electrons. The summed E-state index contributed by atoms with van der Waals surface area (Å²) in [6, 6.07) is 11.6. The fourth-order valence-corrected chi connectivity index (χ4v) is 1.85. The lowest BCUT2D eigenvalue weighted by atomic mass is 10.0. The van der Waals surface area contributed by atoms with Crippen LogP contribution in [0, 0.1) is 10.1 Å². The maximum Gasteiger partial charge on any atom is 0.270 e. The molecule has 2 aromatic carbocycles. The van der Waals surface area contributed by atoms with Gasteiger partial charge >= 0.3 is 0 Å². The number of halogens is 1. The van der Waals surface area contributed by atoms with Crippen LogP contribution in [-0.2, 0) is 0 Å². The maximum absolute atomic E-state index is 10.7. The number of ether oxygens (including phenoxy) is 1. The lowest BCUT2D eigenvalue weighted by molar-refractivity contribution is -0.384. The second-order valence-corrected chi connectivity index (χ2v) is 4.09. The van der Waals surface area contributed by atoms with Gasteiger partial charge in [0.25, 0.3) is 5.69 Å². The van der Waals surface area contributed by atoms with Crippen molar-refractivity contribution in [3.63, 3.8) is 0 Å². The third kappa shape index (κ3) is 2.43. The number of nitrogens with zero attached hydrogens (tertiary/aromatic N) is 1. The standard InChI is InChI=1S/C13H10ClNO3/c1-18-13-8-10(14)5-6-12(13)9-3-2-4-11(7-9)15(16)17/h2-8H,1H3. The first kappa shape index (κ1) is 12.4. The van der Waals surface area contributed by atoms with Crippen molar-refractivity contribution in [2.75, 3.05) is 7.11 Å². The molecule has 0 spiro atoms. The molecule has 0 amide bonds. The van der Waals surface area contributed by atoms with Crippen molar-refractivity contribution >= 4 is 17.3 Å². The summed E-state index contributed by atoms with van der Waals surface area (Å²) in [5.41, 5.74) is 1.54. The average Bonchev–Trinajstić information content (AvgIpc) is 2.38. The minimum Gasteiger partial charge on any atom is -0.496 e. The Bertz CT molecular complexity index is 599. The van der Waals surface area contributed by atoms with Crippen molar-refractivity contribution in [1.29, 1.82) is 0 Å². The minimum atomic E-state index is -0.425. The molecular formula is C13H10ClNO3. The van der Waals surface area contributed by atoms with Crippen molar-refractivity contribution in [3.8, 4) is 16.9 Å². The number of methoxy groups -OCH3 is 1. The van der Waals surface area contributed by atoms with Gasteiger partial charge in [-0.05, 0) is 23.8 Å². The van der Waals surface area contributed by atoms with E-state index in [0.29, 0.717) is 10.8 Å². The highest BCUT2D eigenvalue weighted by molar-refractivity contribution is 6.30. The molecule has 0 fully saturated rings. The first-order valence-electron chi connectivity index (χ1n) is 5.20. The summed E-state index contributed by atoms with van der Waals surface area (Å²) < 4.78 is 5.23. The van der Waals surface area contributed by atoms with Crippen molar-refractivity contribution in [1.82, 2.24) is 0 Å². The van der Waals surface area contributed by atoms with E-state index in [1.54, 1.807) is 30.3 Å². The maximum atomic E-state index is 10.7. The van der Waals surface area contributed by atoms with Gasteiger partial charge in [-0.2, -0.15) is 0 Å². The summed E-state index contributed by atoms with van der Waals surface area (Å²) in [7, 11) is 1.53. The summed E-state index contributed by atoms with van der Waals surface area (Å²) in [5.74, 6) is 0.586. The van der Waals surface area contributed by atoms with E-state index < -0.39 is 4.92 Å². The molecule has 92 valence electrons. The van der Waals surface area contributed by atoms with Crippen molar-refractivity contribution in [2.45, 2.75) is 0 Å². The van der Waals surface area contributed by atoms with Crippen LogP contribution in [0.15, 0.2) is 42.5 Å². The van der Waals surface area contributed by atoms with Crippen molar-refractivity contribution in [3.05, 3.63) is 57.6 Å². The number of hydrogen-bond acceptors (Lipinski definition) is 3. The van der Waals surface area contributed by atoms with Crippen LogP contribution in [0.25, 0.3) is 11.1 Å². The van der Waals surface area contributed by atoms with E-state index in [1.165, 1.54) is 19.2 Å². The molecule has 0 aliphatic carbocycles. The van der Waals surface area contributed by atoms with Crippen LogP contribution in [0.4, 0.5) is 5.69 Å². The molecule has 0 bridgehead atoms. The second kappa shape index (κ2) is 5.06. The Morgan fingerprint density at radius 1 is 1.22 bits per heavy atom. The minimum absolute atomic E-state index is 0.0458. The molecule has 0 aliphatic heterocycles. The third-order valence-electron chi connectivity index (χ3n) is 2.53. The van der Waals surface area contributed by atoms with Gasteiger partial charge in [-0.1, -0.05) is 23.7 Å². The summed E-state index contributed by atoms with van der Waals surface area (Å²) in [6.45, 7) is 0. The molecule has 0 aliphatic rings. The Morgan fingerprint density at radius 3 is 2.67 bits per heavy atom. The zero-order chi connectivity index (χ0) is 13.1. The summed E-state index contributed by atoms with van der Waals surface area (Å²) >= 11 is 5.88. The molecule has 4 nitrogen and oxygen atoms in total. The topological polar surface area (TPSA) is 52.4 Å². The third-order valence-corrected chi connectivity index (χ3v) is 2.77. The number of benzene rings is 2. The average molecular weight is 264 g/mol. The van der Waals surface area contributed by atoms with Gasteiger partial charge < -0.3 is 4.74 Å². The molecule has 0 saturated heterocycles. The fraction of sp³-hybridized carbons (Fsp3) is 0.0769. The molecule has 2 rings (SSSR count). The fourth-order valence-electron chi connectivity index (χ4n) is 1.69. The number of hydrogen-bond donors (Lipinski definition) is 0. The van der Waals surface area contributed by atoms with Gasteiger partial charge in [0.1, 0.15) is 5.75 Å². The molecule has 5 heteroatoms. The highest BCUT2D eigenvalue weighted by Gasteiger charge is 2.10. The van der Waals surface area contributed by atoms with Gasteiger partial charge in [0.15, 0.2) is 0 Å². The van der Waals surface area contributed by atoms with E-state index >= 15 is 0 Å². The molecular weight excluding hydrogens is 254 g/mol. The summed E-state index contributed by atoms with van der Waals surface area (Å²) in [5, 5.41) is 11.3. The largest absolute Gasteiger partial charge is 0.496 e. The van der Waals surface area contributed by atoms with Crippen molar-refractivity contribution in [2.24, 2.45) is 0 Å². The zero-order valence-corrected chi connectivity index (χ0v) is 10.3. The van der Waals surface area contributed by atoms with Crippen LogP contribution in [0.5, 0.6) is 5.75 Å². The molecule has 0 heterocycles. The molecule has 18 heavy (non-hydrogen) atoms. The molecule has 0 aromatic heterocycles. The van der Waals surface area contributed by atoms with E-state index in [9.17, 15) is 10.1 Å². The number of nitro benzene ring substituents is 1. The lowest BCUT2D eigenvalue weighted by Crippen LogP contribution is -1.90. The lowest BCUT2D eigenvalue weighted by Gasteiger charge is -2.08. The van der Waals surface area contributed by atoms with E-state index in [1.807, 2.05) is 0 Å². The Labute approximate surface area is 109 Å². The van der Waals surface area contributed by atoms with Gasteiger partial charge in [0.05, 0.1) is 12.0 Å². The highest BCUT2D eigenvalue weighted by atomic mass is 35.5. The van der Waals surface area contributed by atoms with Gasteiger partial charge in [0.2, 0.25) is 0 Å². The normalized spacial score (nSPS) is 10.1. The van der Waals surface area contributed by atoms with Gasteiger partial charge in [-0.25, -0.2) is 0 Å². The van der Waals surface area contributed by atoms with Crippen LogP contribution in [0.3, 0.4) is 0 Å². The Morgan fingerprint density at radius 2 is 2.00 bits per heavy atom. The first-order chi connectivity index (χ1) is 8.61. The Hall–Kier alpha value is -2.07. The first-order valence-corrected chi connectivity index (χ1v) is 5.58. The summed E-state index contributed by atoms with van der Waals surface area (Å²) in [4.78, 5) is 10.3. The van der Waals surface area contributed by atoms with Gasteiger partial charge in [-0.15, -0.1) is 0 Å². The summed E-state index contributed by atoms with van der Waals surface area (Å²) in [6.07, 6.45) is 0. The predicted octanol–water partition coefficient (Wildman–Crippen LogP) is 3.92. The van der Waals surface area contributed by atoms with E-state index in [0.717, 1.165) is 11.1 Å². The second-order valence-electron chi connectivity index (χ2n) is 3.65. The van der Waals surface area contributed by atoms with Crippen LogP contribution >= 0.6 is 11.6 Å². The Balaban J connectivity index is 2.54. The van der Waals surface area contributed by atoms with E-state index in [-0.39, 0.29) is 5.69 Å². The van der Waals surface area contributed by atoms with Crippen molar-refractivity contribution < 1.29 is 9.66 Å². The van der Waals surface area contributed by atoms with Gasteiger partial charge in [-0.3, -0.25) is 10.1 Å². The Kier molecular flexibility index (Phi) is 3.48. The van der Waals surface area contributed by atoms with Crippen LogP contribution in [0.1, 0.15) is 0 Å². The molecule has 0 atom stereocenters. The van der Waals surface area contributed by atoms with Gasteiger partial charge in [0, 0.05) is 22.7 Å². The molecule has 0 unspecified atom stereocenters. The van der Waals surface area contributed by atoms with E-state index in [4.69, 9.17) is 16.3 Å². The van der Waals surface area contributed by atoms with Crippen LogP contribution in [-0.4, -0.2) is 12.0 Å². The number of non-ortho nitro benzene ring substituents is 1. The quantitative estimate of drug-likeness (QED) is 0.623. The van der Waals surface area contributed by atoms with E-state index in [2.05, 4.69) is 0 Å².